The van der Waals surface area contributed by atoms with Crippen LogP contribution in [0.5, 0.6) is 0 Å². The van der Waals surface area contributed by atoms with Crippen molar-refractivity contribution in [3.8, 4) is 0 Å². The Bertz CT molecular complexity index is 847. The summed E-state index contributed by atoms with van der Waals surface area (Å²) >= 11 is 0. The molecule has 0 unspecified atom stereocenters. The number of nitrogens with zero attached hydrogens (tertiary/aromatic N) is 2. The van der Waals surface area contributed by atoms with E-state index >= 15 is 0 Å². The number of amides is 1. The fourth-order valence-electron chi connectivity index (χ4n) is 2.95. The van der Waals surface area contributed by atoms with E-state index in [4.69, 9.17) is 4.42 Å². The smallest absolute Gasteiger partial charge is 0.255 e. The first kappa shape index (κ1) is 17.3. The Labute approximate surface area is 148 Å². The quantitative estimate of drug-likeness (QED) is 0.704. The number of hydrogen-bond donors (Lipinski definition) is 1. The summed E-state index contributed by atoms with van der Waals surface area (Å²) in [7, 11) is 0. The van der Waals surface area contributed by atoms with Crippen molar-refractivity contribution in [1.29, 1.82) is 0 Å². The molecule has 5 heteroatoms. The number of carbonyl (C=O) groups is 1. The van der Waals surface area contributed by atoms with Gasteiger partial charge >= 0.3 is 0 Å². The number of furan rings is 1. The third kappa shape index (κ3) is 3.60. The maximum Gasteiger partial charge on any atom is 0.255 e. The molecular weight excluding hydrogens is 314 g/mol. The third-order valence-corrected chi connectivity index (χ3v) is 4.54. The highest BCUT2D eigenvalue weighted by molar-refractivity contribution is 6.07. The molecule has 2 aromatic heterocycles. The Morgan fingerprint density at radius 1 is 1.32 bits per heavy atom. The zero-order chi connectivity index (χ0) is 17.9. The van der Waals surface area contributed by atoms with Crippen molar-refractivity contribution >= 4 is 16.9 Å². The Balaban J connectivity index is 1.83. The molecule has 0 radical (unpaired) electrons. The summed E-state index contributed by atoms with van der Waals surface area (Å²) in [4.78, 5) is 17.0. The van der Waals surface area contributed by atoms with Crippen LogP contribution in [0.3, 0.4) is 0 Å². The van der Waals surface area contributed by atoms with Crippen LogP contribution in [0.2, 0.25) is 0 Å². The van der Waals surface area contributed by atoms with Crippen LogP contribution in [-0.2, 0) is 12.0 Å². The van der Waals surface area contributed by atoms with E-state index < -0.39 is 0 Å². The maximum absolute atomic E-state index is 12.9. The van der Waals surface area contributed by atoms with Gasteiger partial charge in [0.15, 0.2) is 0 Å². The van der Waals surface area contributed by atoms with Crippen LogP contribution in [0.1, 0.15) is 49.7 Å². The predicted octanol–water partition coefficient (Wildman–Crippen LogP) is 4.14. The molecule has 0 spiro atoms. The number of imidazole rings is 1. The Kier molecular flexibility index (Phi) is 4.93. The lowest BCUT2D eigenvalue weighted by Crippen LogP contribution is -2.40. The summed E-state index contributed by atoms with van der Waals surface area (Å²) in [5.41, 5.74) is 1.19. The molecule has 0 saturated carbocycles. The highest BCUT2D eigenvalue weighted by Crippen LogP contribution is 2.27. The zero-order valence-corrected chi connectivity index (χ0v) is 15.1. The van der Waals surface area contributed by atoms with Crippen LogP contribution in [0.25, 0.3) is 11.0 Å². The van der Waals surface area contributed by atoms with Crippen molar-refractivity contribution in [2.75, 3.05) is 6.54 Å². The first-order chi connectivity index (χ1) is 12.0. The van der Waals surface area contributed by atoms with Crippen LogP contribution < -0.4 is 5.32 Å². The summed E-state index contributed by atoms with van der Waals surface area (Å²) in [6.07, 6.45) is 8.26. The third-order valence-electron chi connectivity index (χ3n) is 4.54. The summed E-state index contributed by atoms with van der Waals surface area (Å²) in [6, 6.07) is 7.73. The second-order valence-corrected chi connectivity index (χ2v) is 6.97. The first-order valence-electron chi connectivity index (χ1n) is 8.80. The molecule has 0 aliphatic carbocycles. The van der Waals surface area contributed by atoms with Crippen molar-refractivity contribution in [3.63, 3.8) is 0 Å². The number of aromatic nitrogens is 2. The summed E-state index contributed by atoms with van der Waals surface area (Å²) < 4.78 is 7.95. The number of benzene rings is 1. The van der Waals surface area contributed by atoms with Crippen LogP contribution >= 0.6 is 0 Å². The molecule has 3 aromatic rings. The van der Waals surface area contributed by atoms with E-state index in [9.17, 15) is 4.79 Å². The maximum atomic E-state index is 12.9. The van der Waals surface area contributed by atoms with Crippen molar-refractivity contribution in [2.45, 2.75) is 45.6 Å². The SMILES string of the molecule is CCCCc1oc2ccccc2c1C(=O)NCC(C)(C)n1ccnc1. The lowest BCUT2D eigenvalue weighted by Gasteiger charge is -2.26. The lowest BCUT2D eigenvalue weighted by atomic mass is 10.0. The number of hydrogen-bond acceptors (Lipinski definition) is 3. The second-order valence-electron chi connectivity index (χ2n) is 6.97. The number of nitrogens with one attached hydrogen (secondary N) is 1. The summed E-state index contributed by atoms with van der Waals surface area (Å²) in [5.74, 6) is 0.699. The van der Waals surface area contributed by atoms with Gasteiger partial charge in [-0.2, -0.15) is 0 Å². The van der Waals surface area contributed by atoms with E-state index in [0.29, 0.717) is 12.1 Å². The molecule has 3 rings (SSSR count). The Hall–Kier alpha value is -2.56. The number of rotatable bonds is 7. The van der Waals surface area contributed by atoms with E-state index in [1.54, 1.807) is 12.5 Å². The summed E-state index contributed by atoms with van der Waals surface area (Å²) in [6.45, 7) is 6.78. The minimum Gasteiger partial charge on any atom is -0.460 e. The van der Waals surface area contributed by atoms with Crippen molar-refractivity contribution in [2.24, 2.45) is 0 Å². The van der Waals surface area contributed by atoms with Gasteiger partial charge in [-0.05, 0) is 26.3 Å². The van der Waals surface area contributed by atoms with Crippen LogP contribution in [0, 0.1) is 0 Å². The van der Waals surface area contributed by atoms with Crippen LogP contribution in [0.4, 0.5) is 0 Å². The van der Waals surface area contributed by atoms with Crippen molar-refractivity contribution in [1.82, 2.24) is 14.9 Å². The van der Waals surface area contributed by atoms with Crippen molar-refractivity contribution < 1.29 is 9.21 Å². The van der Waals surface area contributed by atoms with Gasteiger partial charge in [-0.1, -0.05) is 31.5 Å². The number of para-hydroxylation sites is 1. The van der Waals surface area contributed by atoms with Gasteiger partial charge in [0, 0.05) is 30.7 Å². The molecule has 0 atom stereocenters. The summed E-state index contributed by atoms with van der Waals surface area (Å²) in [5, 5.41) is 3.96. The first-order valence-corrected chi connectivity index (χ1v) is 8.80. The molecule has 0 saturated heterocycles. The molecule has 1 amide bonds. The fourth-order valence-corrected chi connectivity index (χ4v) is 2.95. The van der Waals surface area contributed by atoms with Gasteiger partial charge in [-0.15, -0.1) is 0 Å². The van der Waals surface area contributed by atoms with E-state index in [1.807, 2.05) is 35.0 Å². The minimum absolute atomic E-state index is 0.0794. The lowest BCUT2D eigenvalue weighted by molar-refractivity contribution is 0.0937. The number of aryl methyl sites for hydroxylation is 1. The molecule has 1 N–H and O–H groups in total. The van der Waals surface area contributed by atoms with Gasteiger partial charge in [-0.25, -0.2) is 4.98 Å². The normalized spacial score (nSPS) is 11.8. The Morgan fingerprint density at radius 2 is 2.12 bits per heavy atom. The molecule has 25 heavy (non-hydrogen) atoms. The van der Waals surface area contributed by atoms with Gasteiger partial charge in [0.05, 0.1) is 17.4 Å². The average Bonchev–Trinajstić information content (AvgIpc) is 3.25. The highest BCUT2D eigenvalue weighted by atomic mass is 16.3. The predicted molar refractivity (Wildman–Crippen MR) is 98.7 cm³/mol. The second kappa shape index (κ2) is 7.13. The van der Waals surface area contributed by atoms with Crippen LogP contribution in [0.15, 0.2) is 47.4 Å². The molecule has 5 nitrogen and oxygen atoms in total. The molecule has 2 heterocycles. The number of carbonyl (C=O) groups excluding carboxylic acids is 1. The van der Waals surface area contributed by atoms with E-state index in [0.717, 1.165) is 36.0 Å². The van der Waals surface area contributed by atoms with E-state index in [-0.39, 0.29) is 11.4 Å². The molecule has 1 aromatic carbocycles. The molecule has 0 fully saturated rings. The molecule has 0 aliphatic rings. The van der Waals surface area contributed by atoms with Crippen molar-refractivity contribution in [3.05, 3.63) is 54.3 Å². The largest absolute Gasteiger partial charge is 0.460 e. The monoisotopic (exact) mass is 339 g/mol. The molecule has 0 bridgehead atoms. The zero-order valence-electron chi connectivity index (χ0n) is 15.1. The van der Waals surface area contributed by atoms with E-state index in [1.165, 1.54) is 0 Å². The van der Waals surface area contributed by atoms with Gasteiger partial charge in [0.2, 0.25) is 0 Å². The molecular formula is C20H25N3O2. The van der Waals surface area contributed by atoms with Gasteiger partial charge in [0.1, 0.15) is 11.3 Å². The van der Waals surface area contributed by atoms with Gasteiger partial charge < -0.3 is 14.3 Å². The van der Waals surface area contributed by atoms with Crippen LogP contribution in [-0.4, -0.2) is 22.0 Å². The number of fused-ring (bicyclic) bond motifs is 1. The highest BCUT2D eigenvalue weighted by Gasteiger charge is 2.24. The average molecular weight is 339 g/mol. The number of unbranched alkanes of at least 4 members (excludes halogenated alkanes) is 1. The Morgan fingerprint density at radius 3 is 2.84 bits per heavy atom. The van der Waals surface area contributed by atoms with Gasteiger partial charge in [-0.3, -0.25) is 4.79 Å². The molecule has 132 valence electrons. The fraction of sp³-hybridized carbons (Fsp3) is 0.400. The van der Waals surface area contributed by atoms with Gasteiger partial charge in [0.25, 0.3) is 5.91 Å². The van der Waals surface area contributed by atoms with E-state index in [2.05, 4.69) is 31.1 Å². The topological polar surface area (TPSA) is 60.1 Å². The minimum atomic E-state index is -0.255. The molecule has 0 aliphatic heterocycles. The standard InChI is InChI=1S/C20H25N3O2/c1-4-5-9-17-18(15-8-6-7-10-16(15)25-17)19(24)22-13-20(2,3)23-12-11-21-14-23/h6-8,10-12,14H,4-5,9,13H2,1-3H3,(H,22,24).